The van der Waals surface area contributed by atoms with Gasteiger partial charge in [-0.1, -0.05) is 6.92 Å². The minimum absolute atomic E-state index is 0.0458. The number of amides is 2. The lowest BCUT2D eigenvalue weighted by molar-refractivity contribution is 0.0288. The number of hydrogen-bond donors (Lipinski definition) is 2. The molecule has 3 rings (SSSR count). The molecule has 3 heterocycles. The van der Waals surface area contributed by atoms with Crippen LogP contribution in [0.5, 0.6) is 0 Å². The van der Waals surface area contributed by atoms with E-state index in [1.54, 1.807) is 15.6 Å². The number of halogens is 1. The minimum atomic E-state index is -0.556. The largest absolute Gasteiger partial charge is 0.444 e. The summed E-state index contributed by atoms with van der Waals surface area (Å²) in [7, 11) is 0. The minimum Gasteiger partial charge on any atom is -0.444 e. The molecule has 1 aliphatic heterocycles. The smallest absolute Gasteiger partial charge is 0.410 e. The maximum absolute atomic E-state index is 12.4. The summed E-state index contributed by atoms with van der Waals surface area (Å²) in [5.41, 5.74) is 6.67. The van der Waals surface area contributed by atoms with E-state index in [1.165, 1.54) is 6.20 Å². The molecule has 2 aromatic heterocycles. The van der Waals surface area contributed by atoms with Crippen molar-refractivity contribution in [2.24, 2.45) is 11.7 Å². The summed E-state index contributed by atoms with van der Waals surface area (Å²) >= 11 is 3.43. The van der Waals surface area contributed by atoms with Crippen molar-refractivity contribution in [3.8, 4) is 0 Å². The molecule has 8 nitrogen and oxygen atoms in total. The summed E-state index contributed by atoms with van der Waals surface area (Å²) in [6.07, 6.45) is 2.92. The van der Waals surface area contributed by atoms with Crippen molar-refractivity contribution >= 4 is 39.1 Å². The van der Waals surface area contributed by atoms with Crippen molar-refractivity contribution in [2.45, 2.75) is 39.3 Å². The average molecular weight is 438 g/mol. The highest BCUT2D eigenvalue weighted by atomic mass is 79.9. The van der Waals surface area contributed by atoms with Crippen LogP contribution in [-0.2, 0) is 4.74 Å². The molecule has 2 atom stereocenters. The zero-order valence-corrected chi connectivity index (χ0v) is 17.4. The molecule has 0 aliphatic carbocycles. The Kier molecular flexibility index (Phi) is 5.07. The van der Waals surface area contributed by atoms with Crippen LogP contribution in [0.4, 0.5) is 10.5 Å². The molecule has 9 heteroatoms. The van der Waals surface area contributed by atoms with E-state index < -0.39 is 11.5 Å². The molecule has 0 bridgehead atoms. The Morgan fingerprint density at radius 1 is 1.37 bits per heavy atom. The number of aromatic nitrogens is 2. The first kappa shape index (κ1) is 19.5. The van der Waals surface area contributed by atoms with E-state index in [9.17, 15) is 9.59 Å². The zero-order valence-electron chi connectivity index (χ0n) is 15.8. The molecule has 2 unspecified atom stereocenters. The summed E-state index contributed by atoms with van der Waals surface area (Å²) < 4.78 is 7.98. The number of nitrogens with zero attached hydrogens (tertiary/aromatic N) is 3. The molecule has 1 fully saturated rings. The van der Waals surface area contributed by atoms with Crippen molar-refractivity contribution in [2.75, 3.05) is 18.4 Å². The van der Waals surface area contributed by atoms with Gasteiger partial charge in [0.05, 0.1) is 23.0 Å². The summed E-state index contributed by atoms with van der Waals surface area (Å²) in [4.78, 5) is 26.0. The van der Waals surface area contributed by atoms with Gasteiger partial charge in [0, 0.05) is 29.8 Å². The molecular formula is C18H24BrN5O3. The first-order valence-electron chi connectivity index (χ1n) is 8.76. The number of carbonyl (C=O) groups is 2. The maximum Gasteiger partial charge on any atom is 0.410 e. The first-order valence-corrected chi connectivity index (χ1v) is 9.55. The standard InChI is InChI=1S/C18H24BrN5O3/c1-10-7-23(17(26)27-18(2,3)4)9-13(10)22-15-12(16(20)25)6-21-24-8-11(19)5-14(15)24/h5-6,8,10,13,22H,7,9H2,1-4H3,(H2,20,25). The molecule has 0 spiro atoms. The van der Waals surface area contributed by atoms with Crippen LogP contribution in [0, 0.1) is 5.92 Å². The lowest BCUT2D eigenvalue weighted by atomic mass is 10.1. The van der Waals surface area contributed by atoms with E-state index in [1.807, 2.05) is 26.8 Å². The molecule has 1 aliphatic rings. The number of fused-ring (bicyclic) bond motifs is 1. The second-order valence-electron chi connectivity index (χ2n) is 7.90. The first-order chi connectivity index (χ1) is 12.5. The molecule has 0 radical (unpaired) electrons. The van der Waals surface area contributed by atoms with E-state index in [-0.39, 0.29) is 18.1 Å². The van der Waals surface area contributed by atoms with Gasteiger partial charge in [0.15, 0.2) is 0 Å². The van der Waals surface area contributed by atoms with Gasteiger partial charge < -0.3 is 20.7 Å². The van der Waals surface area contributed by atoms with Gasteiger partial charge in [0.1, 0.15) is 5.60 Å². The summed E-state index contributed by atoms with van der Waals surface area (Å²) in [5, 5.41) is 7.63. The highest BCUT2D eigenvalue weighted by Gasteiger charge is 2.35. The van der Waals surface area contributed by atoms with Crippen LogP contribution in [0.25, 0.3) is 5.52 Å². The van der Waals surface area contributed by atoms with Crippen molar-refractivity contribution in [1.29, 1.82) is 0 Å². The summed E-state index contributed by atoms with van der Waals surface area (Å²) in [5.74, 6) is -0.385. The van der Waals surface area contributed by atoms with Crippen LogP contribution < -0.4 is 11.1 Å². The number of hydrogen-bond acceptors (Lipinski definition) is 5. The number of nitrogens with one attached hydrogen (secondary N) is 1. The van der Waals surface area contributed by atoms with Gasteiger partial charge in [-0.15, -0.1) is 0 Å². The highest BCUT2D eigenvalue weighted by Crippen LogP contribution is 2.29. The Balaban J connectivity index is 1.86. The Hall–Kier alpha value is -2.29. The van der Waals surface area contributed by atoms with Gasteiger partial charge in [0.2, 0.25) is 0 Å². The fourth-order valence-corrected chi connectivity index (χ4v) is 3.59. The summed E-state index contributed by atoms with van der Waals surface area (Å²) in [6.45, 7) is 8.64. The average Bonchev–Trinajstić information content (AvgIpc) is 3.08. The van der Waals surface area contributed by atoms with Crippen LogP contribution in [-0.4, -0.2) is 51.2 Å². The van der Waals surface area contributed by atoms with Crippen molar-refractivity contribution in [3.05, 3.63) is 28.5 Å². The molecule has 2 amide bonds. The Labute approximate surface area is 166 Å². The third kappa shape index (κ3) is 4.18. The third-order valence-corrected chi connectivity index (χ3v) is 4.90. The molecule has 2 aromatic rings. The highest BCUT2D eigenvalue weighted by molar-refractivity contribution is 9.10. The third-order valence-electron chi connectivity index (χ3n) is 4.46. The lowest BCUT2D eigenvalue weighted by Crippen LogP contribution is -2.36. The molecule has 1 saturated heterocycles. The Morgan fingerprint density at radius 3 is 2.70 bits per heavy atom. The predicted molar refractivity (Wildman–Crippen MR) is 106 cm³/mol. The van der Waals surface area contributed by atoms with E-state index in [2.05, 4.69) is 33.3 Å². The predicted octanol–water partition coefficient (Wildman–Crippen LogP) is 2.86. The number of carbonyl (C=O) groups excluding carboxylic acids is 2. The second kappa shape index (κ2) is 7.03. The monoisotopic (exact) mass is 437 g/mol. The van der Waals surface area contributed by atoms with Gasteiger partial charge in [-0.25, -0.2) is 9.31 Å². The topological polar surface area (TPSA) is 102 Å². The van der Waals surface area contributed by atoms with E-state index >= 15 is 0 Å². The van der Waals surface area contributed by atoms with E-state index in [0.717, 1.165) is 9.99 Å². The van der Waals surface area contributed by atoms with Crippen molar-refractivity contribution in [3.63, 3.8) is 0 Å². The molecule has 0 saturated carbocycles. The van der Waals surface area contributed by atoms with Crippen LogP contribution in [0.1, 0.15) is 38.1 Å². The molecule has 146 valence electrons. The molecule has 0 aromatic carbocycles. The van der Waals surface area contributed by atoms with Gasteiger partial charge in [-0.05, 0) is 48.7 Å². The number of primary amides is 1. The van der Waals surface area contributed by atoms with Crippen LogP contribution in [0.2, 0.25) is 0 Å². The van der Waals surface area contributed by atoms with Crippen LogP contribution >= 0.6 is 15.9 Å². The van der Waals surface area contributed by atoms with E-state index in [4.69, 9.17) is 10.5 Å². The Morgan fingerprint density at radius 2 is 2.07 bits per heavy atom. The zero-order chi connectivity index (χ0) is 19.9. The lowest BCUT2D eigenvalue weighted by Gasteiger charge is -2.24. The van der Waals surface area contributed by atoms with Crippen molar-refractivity contribution < 1.29 is 14.3 Å². The Bertz CT molecular complexity index is 889. The second-order valence-corrected chi connectivity index (χ2v) is 8.81. The molecule has 27 heavy (non-hydrogen) atoms. The number of likely N-dealkylation sites (tertiary alicyclic amines) is 1. The number of rotatable bonds is 3. The van der Waals surface area contributed by atoms with Crippen LogP contribution in [0.15, 0.2) is 22.9 Å². The normalized spacial score (nSPS) is 20.1. The van der Waals surface area contributed by atoms with Crippen molar-refractivity contribution in [1.82, 2.24) is 14.5 Å². The van der Waals surface area contributed by atoms with Gasteiger partial charge in [0.25, 0.3) is 5.91 Å². The van der Waals surface area contributed by atoms with Gasteiger partial charge >= 0.3 is 6.09 Å². The molecular weight excluding hydrogens is 414 g/mol. The fraction of sp³-hybridized carbons (Fsp3) is 0.500. The van der Waals surface area contributed by atoms with Gasteiger partial charge in [-0.3, -0.25) is 4.79 Å². The number of nitrogens with two attached hydrogens (primary N) is 1. The SMILES string of the molecule is CC1CN(C(=O)OC(C)(C)C)CC1Nc1c(C(N)=O)cnn2cc(Br)cc12. The van der Waals surface area contributed by atoms with E-state index in [0.29, 0.717) is 24.3 Å². The summed E-state index contributed by atoms with van der Waals surface area (Å²) in [6, 6.07) is 1.82. The molecule has 3 N–H and O–H groups in total. The quantitative estimate of drug-likeness (QED) is 0.768. The van der Waals surface area contributed by atoms with Gasteiger partial charge in [-0.2, -0.15) is 5.10 Å². The maximum atomic E-state index is 12.4. The fourth-order valence-electron chi connectivity index (χ4n) is 3.18. The van der Waals surface area contributed by atoms with Crippen LogP contribution in [0.3, 0.4) is 0 Å². The number of anilines is 1. The number of ether oxygens (including phenoxy) is 1.